The molecule has 58 valence electrons. The van der Waals surface area contributed by atoms with Crippen molar-refractivity contribution in [3.05, 3.63) is 0 Å². The molecule has 0 aromatic heterocycles. The SMILES string of the molecule is CC(C)(C)SC(=O)C1CC1. The summed E-state index contributed by atoms with van der Waals surface area (Å²) in [5.41, 5.74) is 0. The molecule has 0 aromatic carbocycles. The van der Waals surface area contributed by atoms with Gasteiger partial charge in [-0.25, -0.2) is 0 Å². The Morgan fingerprint density at radius 1 is 1.40 bits per heavy atom. The molecule has 1 saturated carbocycles. The van der Waals surface area contributed by atoms with Crippen LogP contribution < -0.4 is 0 Å². The molecular weight excluding hydrogens is 144 g/mol. The Hall–Kier alpha value is 0.0200. The van der Waals surface area contributed by atoms with Crippen LogP contribution >= 0.6 is 11.8 Å². The standard InChI is InChI=1S/C8H14OS/c1-8(2,3)10-7(9)6-4-5-6/h6H,4-5H2,1-3H3. The summed E-state index contributed by atoms with van der Waals surface area (Å²) in [7, 11) is 0. The van der Waals surface area contributed by atoms with Gasteiger partial charge >= 0.3 is 0 Å². The van der Waals surface area contributed by atoms with Gasteiger partial charge in [0.05, 0.1) is 0 Å². The van der Waals surface area contributed by atoms with Crippen molar-refractivity contribution in [1.82, 2.24) is 0 Å². The van der Waals surface area contributed by atoms with Gasteiger partial charge in [0.25, 0.3) is 0 Å². The lowest BCUT2D eigenvalue weighted by Gasteiger charge is -2.15. The molecule has 0 atom stereocenters. The first-order chi connectivity index (χ1) is 4.49. The summed E-state index contributed by atoms with van der Waals surface area (Å²) in [5.74, 6) is 0.407. The molecule has 1 rings (SSSR count). The molecule has 0 saturated heterocycles. The summed E-state index contributed by atoms with van der Waals surface area (Å²) < 4.78 is 0.111. The second kappa shape index (κ2) is 2.57. The predicted molar refractivity (Wildman–Crippen MR) is 45.1 cm³/mol. The van der Waals surface area contributed by atoms with Gasteiger partial charge in [-0.2, -0.15) is 0 Å². The average Bonchev–Trinajstić information content (AvgIpc) is 2.35. The van der Waals surface area contributed by atoms with Gasteiger partial charge < -0.3 is 0 Å². The van der Waals surface area contributed by atoms with Crippen LogP contribution in [0.15, 0.2) is 0 Å². The summed E-state index contributed by atoms with van der Waals surface area (Å²) in [6, 6.07) is 0. The summed E-state index contributed by atoms with van der Waals surface area (Å²) >= 11 is 1.49. The molecule has 10 heavy (non-hydrogen) atoms. The van der Waals surface area contributed by atoms with E-state index in [2.05, 4.69) is 20.8 Å². The van der Waals surface area contributed by atoms with Gasteiger partial charge in [-0.15, -0.1) is 0 Å². The lowest BCUT2D eigenvalue weighted by atomic mass is 10.3. The Morgan fingerprint density at radius 2 is 1.90 bits per heavy atom. The first kappa shape index (κ1) is 8.12. The zero-order valence-electron chi connectivity index (χ0n) is 6.81. The van der Waals surface area contributed by atoms with E-state index in [1.165, 1.54) is 11.8 Å². The zero-order valence-corrected chi connectivity index (χ0v) is 7.62. The van der Waals surface area contributed by atoms with Crippen LogP contribution in [0.4, 0.5) is 0 Å². The van der Waals surface area contributed by atoms with Crippen molar-refractivity contribution in [1.29, 1.82) is 0 Å². The lowest BCUT2D eigenvalue weighted by molar-refractivity contribution is -0.112. The van der Waals surface area contributed by atoms with E-state index in [9.17, 15) is 4.79 Å². The van der Waals surface area contributed by atoms with E-state index in [0.717, 1.165) is 12.8 Å². The Morgan fingerprint density at radius 3 is 2.20 bits per heavy atom. The molecule has 1 nitrogen and oxygen atoms in total. The van der Waals surface area contributed by atoms with E-state index in [1.54, 1.807) is 0 Å². The van der Waals surface area contributed by atoms with Crippen molar-refractivity contribution >= 4 is 16.9 Å². The molecule has 0 bridgehead atoms. The van der Waals surface area contributed by atoms with Crippen LogP contribution in [0.3, 0.4) is 0 Å². The second-order valence-electron chi connectivity index (χ2n) is 3.81. The minimum atomic E-state index is 0.111. The normalized spacial score (nSPS) is 19.1. The highest BCUT2D eigenvalue weighted by molar-refractivity contribution is 8.14. The van der Waals surface area contributed by atoms with E-state index in [-0.39, 0.29) is 4.75 Å². The molecule has 0 N–H and O–H groups in total. The van der Waals surface area contributed by atoms with Gasteiger partial charge in [-0.3, -0.25) is 4.79 Å². The van der Waals surface area contributed by atoms with Gasteiger partial charge in [0.2, 0.25) is 0 Å². The van der Waals surface area contributed by atoms with E-state index in [1.807, 2.05) is 0 Å². The number of carbonyl (C=O) groups excluding carboxylic acids is 1. The van der Waals surface area contributed by atoms with Crippen molar-refractivity contribution in [2.75, 3.05) is 0 Å². The van der Waals surface area contributed by atoms with Crippen LogP contribution in [-0.2, 0) is 4.79 Å². The molecule has 0 aliphatic heterocycles. The van der Waals surface area contributed by atoms with Crippen molar-refractivity contribution < 1.29 is 4.79 Å². The third-order valence-electron chi connectivity index (χ3n) is 1.32. The van der Waals surface area contributed by atoms with E-state index >= 15 is 0 Å². The van der Waals surface area contributed by atoms with Gasteiger partial charge in [0.1, 0.15) is 0 Å². The number of thioether (sulfide) groups is 1. The van der Waals surface area contributed by atoms with Crippen LogP contribution in [-0.4, -0.2) is 9.86 Å². The fourth-order valence-electron chi connectivity index (χ4n) is 0.704. The molecule has 2 heteroatoms. The predicted octanol–water partition coefficient (Wildman–Crippen LogP) is 2.45. The molecule has 1 aliphatic rings. The molecule has 0 spiro atoms. The van der Waals surface area contributed by atoms with Crippen LogP contribution in [0.2, 0.25) is 0 Å². The molecule has 0 heterocycles. The Bertz CT molecular complexity index is 142. The molecule has 0 amide bonds. The largest absolute Gasteiger partial charge is 0.287 e. The van der Waals surface area contributed by atoms with E-state index in [0.29, 0.717) is 11.0 Å². The summed E-state index contributed by atoms with van der Waals surface area (Å²) in [6.07, 6.45) is 2.25. The highest BCUT2D eigenvalue weighted by Crippen LogP contribution is 2.38. The maximum absolute atomic E-state index is 11.2. The van der Waals surface area contributed by atoms with Gasteiger partial charge in [-0.1, -0.05) is 32.5 Å². The van der Waals surface area contributed by atoms with Crippen molar-refractivity contribution in [3.8, 4) is 0 Å². The Kier molecular flexibility index (Phi) is 2.09. The van der Waals surface area contributed by atoms with Crippen molar-refractivity contribution in [3.63, 3.8) is 0 Å². The van der Waals surface area contributed by atoms with Crippen molar-refractivity contribution in [2.45, 2.75) is 38.4 Å². The Labute approximate surface area is 66.6 Å². The maximum Gasteiger partial charge on any atom is 0.192 e. The van der Waals surface area contributed by atoms with Crippen LogP contribution in [0.25, 0.3) is 0 Å². The zero-order chi connectivity index (χ0) is 7.78. The summed E-state index contributed by atoms with van der Waals surface area (Å²) in [6.45, 7) is 6.24. The number of hydrogen-bond acceptors (Lipinski definition) is 2. The van der Waals surface area contributed by atoms with Gasteiger partial charge in [0, 0.05) is 10.7 Å². The number of rotatable bonds is 1. The molecule has 1 aliphatic carbocycles. The minimum absolute atomic E-state index is 0.111. The smallest absolute Gasteiger partial charge is 0.192 e. The quantitative estimate of drug-likeness (QED) is 0.583. The lowest BCUT2D eigenvalue weighted by Crippen LogP contribution is -2.12. The molecule has 0 unspecified atom stereocenters. The fourth-order valence-corrected chi connectivity index (χ4v) is 1.71. The summed E-state index contributed by atoms with van der Waals surface area (Å²) in [4.78, 5) is 11.2. The van der Waals surface area contributed by atoms with Crippen LogP contribution in [0, 0.1) is 5.92 Å². The molecule has 0 radical (unpaired) electrons. The van der Waals surface area contributed by atoms with Gasteiger partial charge in [-0.05, 0) is 12.8 Å². The van der Waals surface area contributed by atoms with Crippen molar-refractivity contribution in [2.24, 2.45) is 5.92 Å². The molecule has 0 aromatic rings. The fraction of sp³-hybridized carbons (Fsp3) is 0.875. The molecular formula is C8H14OS. The maximum atomic E-state index is 11.2. The van der Waals surface area contributed by atoms with E-state index in [4.69, 9.17) is 0 Å². The van der Waals surface area contributed by atoms with E-state index < -0.39 is 0 Å². The minimum Gasteiger partial charge on any atom is -0.287 e. The Balaban J connectivity index is 2.30. The third kappa shape index (κ3) is 2.74. The first-order valence-electron chi connectivity index (χ1n) is 3.72. The van der Waals surface area contributed by atoms with Gasteiger partial charge in [0.15, 0.2) is 5.12 Å². The third-order valence-corrected chi connectivity index (χ3v) is 2.46. The molecule has 1 fully saturated rings. The number of hydrogen-bond donors (Lipinski definition) is 0. The highest BCUT2D eigenvalue weighted by atomic mass is 32.2. The average molecular weight is 158 g/mol. The topological polar surface area (TPSA) is 17.1 Å². The van der Waals surface area contributed by atoms with Crippen LogP contribution in [0.5, 0.6) is 0 Å². The van der Waals surface area contributed by atoms with Crippen LogP contribution in [0.1, 0.15) is 33.6 Å². The highest BCUT2D eigenvalue weighted by Gasteiger charge is 2.32. The second-order valence-corrected chi connectivity index (χ2v) is 5.64. The monoisotopic (exact) mass is 158 g/mol. The number of carbonyl (C=O) groups is 1. The first-order valence-corrected chi connectivity index (χ1v) is 4.53. The summed E-state index contributed by atoms with van der Waals surface area (Å²) in [5, 5.41) is 0.396.